The molecule has 2 amide bonds. The fraction of sp³-hybridized carbons (Fsp3) is 0.929. The Morgan fingerprint density at radius 3 is 2.33 bits per heavy atom. The highest BCUT2D eigenvalue weighted by Gasteiger charge is 2.23. The maximum absolute atomic E-state index is 11.6. The minimum atomic E-state index is -0.355. The van der Waals surface area contributed by atoms with Crippen molar-refractivity contribution in [1.29, 1.82) is 0 Å². The topological polar surface area (TPSA) is 61.4 Å². The van der Waals surface area contributed by atoms with Crippen molar-refractivity contribution in [2.45, 2.75) is 65.0 Å². The molecule has 4 nitrogen and oxygen atoms in total. The van der Waals surface area contributed by atoms with Crippen molar-refractivity contribution in [3.63, 3.8) is 0 Å². The summed E-state index contributed by atoms with van der Waals surface area (Å²) in [5.41, 5.74) is 0. The van der Waals surface area contributed by atoms with Gasteiger partial charge in [0.25, 0.3) is 0 Å². The Morgan fingerprint density at radius 1 is 1.22 bits per heavy atom. The highest BCUT2D eigenvalue weighted by Crippen LogP contribution is 2.29. The molecule has 0 aromatic rings. The minimum Gasteiger partial charge on any atom is -0.393 e. The van der Waals surface area contributed by atoms with E-state index in [2.05, 4.69) is 24.5 Å². The molecule has 4 heteroatoms. The van der Waals surface area contributed by atoms with Gasteiger partial charge in [0.1, 0.15) is 0 Å². The normalized spacial score (nSPS) is 25.8. The van der Waals surface area contributed by atoms with Crippen LogP contribution in [0.25, 0.3) is 0 Å². The average Bonchev–Trinajstić information content (AvgIpc) is 2.29. The number of aliphatic hydroxyl groups is 1. The van der Waals surface area contributed by atoms with Gasteiger partial charge >= 0.3 is 6.03 Å². The van der Waals surface area contributed by atoms with Crippen molar-refractivity contribution >= 4 is 6.03 Å². The Balaban J connectivity index is 2.14. The molecule has 3 N–H and O–H groups in total. The van der Waals surface area contributed by atoms with E-state index >= 15 is 0 Å². The Bertz CT molecular complexity index is 246. The summed E-state index contributed by atoms with van der Waals surface area (Å²) >= 11 is 0. The summed E-state index contributed by atoms with van der Waals surface area (Å²) in [4.78, 5) is 11.6. The van der Waals surface area contributed by atoms with E-state index in [0.717, 1.165) is 24.7 Å². The number of rotatable bonds is 5. The number of nitrogens with one attached hydrogen (secondary N) is 2. The maximum atomic E-state index is 11.6. The number of carbonyl (C=O) groups is 1. The molecule has 1 aliphatic rings. The predicted octanol–water partition coefficient (Wildman–Crippen LogP) is 2.27. The summed E-state index contributed by atoms with van der Waals surface area (Å²) in [6.45, 7) is 6.82. The molecule has 0 saturated heterocycles. The third-order valence-corrected chi connectivity index (χ3v) is 3.90. The van der Waals surface area contributed by atoms with Gasteiger partial charge < -0.3 is 15.7 Å². The van der Waals surface area contributed by atoms with Crippen LogP contribution in [0.5, 0.6) is 0 Å². The number of hydrogen-bond acceptors (Lipinski definition) is 2. The molecule has 1 aliphatic carbocycles. The highest BCUT2D eigenvalue weighted by molar-refractivity contribution is 5.74. The van der Waals surface area contributed by atoms with E-state index < -0.39 is 0 Å². The van der Waals surface area contributed by atoms with Gasteiger partial charge in [-0.15, -0.1) is 0 Å². The summed E-state index contributed by atoms with van der Waals surface area (Å²) in [7, 11) is 0. The molecule has 0 bridgehead atoms. The smallest absolute Gasteiger partial charge is 0.315 e. The van der Waals surface area contributed by atoms with Crippen LogP contribution in [-0.2, 0) is 0 Å². The van der Waals surface area contributed by atoms with Crippen LogP contribution in [-0.4, -0.2) is 29.8 Å². The Hall–Kier alpha value is -0.770. The molecule has 0 radical (unpaired) electrons. The molecule has 0 heterocycles. The van der Waals surface area contributed by atoms with Gasteiger partial charge in [0.05, 0.1) is 6.10 Å². The van der Waals surface area contributed by atoms with Crippen LogP contribution < -0.4 is 10.6 Å². The first kappa shape index (κ1) is 15.3. The minimum absolute atomic E-state index is 0.0938. The summed E-state index contributed by atoms with van der Waals surface area (Å²) < 4.78 is 0. The van der Waals surface area contributed by atoms with Gasteiger partial charge in [-0.25, -0.2) is 4.79 Å². The third-order valence-electron chi connectivity index (χ3n) is 3.90. The van der Waals surface area contributed by atoms with Crippen LogP contribution in [0.1, 0.15) is 52.9 Å². The molecule has 1 unspecified atom stereocenters. The highest BCUT2D eigenvalue weighted by atomic mass is 16.3. The molecule has 106 valence electrons. The Kier molecular flexibility index (Phi) is 6.47. The first-order valence-electron chi connectivity index (χ1n) is 7.21. The van der Waals surface area contributed by atoms with Crippen LogP contribution >= 0.6 is 0 Å². The van der Waals surface area contributed by atoms with Crippen LogP contribution in [0.15, 0.2) is 0 Å². The standard InChI is InChI=1S/C14H28N2O2/c1-10(2)12-4-6-13(7-5-12)16-14(18)15-9-8-11(3)17/h10-13,17H,4-9H2,1-3H3,(H2,15,16,18). The van der Waals surface area contributed by atoms with E-state index in [-0.39, 0.29) is 12.1 Å². The number of carbonyl (C=O) groups excluding carboxylic acids is 1. The first-order valence-corrected chi connectivity index (χ1v) is 7.21. The fourth-order valence-electron chi connectivity index (χ4n) is 2.56. The number of aliphatic hydroxyl groups excluding tert-OH is 1. The van der Waals surface area contributed by atoms with Crippen molar-refractivity contribution in [1.82, 2.24) is 10.6 Å². The first-order chi connectivity index (χ1) is 8.49. The van der Waals surface area contributed by atoms with E-state index in [1.165, 1.54) is 12.8 Å². The zero-order valence-corrected chi connectivity index (χ0v) is 11.9. The SMILES string of the molecule is CC(O)CCNC(=O)NC1CCC(C(C)C)CC1. The molecule has 0 aliphatic heterocycles. The van der Waals surface area contributed by atoms with Gasteiger partial charge in [0, 0.05) is 12.6 Å². The second-order valence-corrected chi connectivity index (χ2v) is 5.89. The lowest BCUT2D eigenvalue weighted by atomic mass is 9.80. The van der Waals surface area contributed by atoms with Crippen molar-refractivity contribution in [3.05, 3.63) is 0 Å². The van der Waals surface area contributed by atoms with Gasteiger partial charge in [-0.3, -0.25) is 0 Å². The number of urea groups is 1. The molecule has 0 aromatic carbocycles. The van der Waals surface area contributed by atoms with Gasteiger partial charge in [0.2, 0.25) is 0 Å². The number of amides is 2. The summed E-state index contributed by atoms with van der Waals surface area (Å²) in [5, 5.41) is 14.9. The summed E-state index contributed by atoms with van der Waals surface area (Å²) in [6.07, 6.45) is 4.87. The second-order valence-electron chi connectivity index (χ2n) is 5.89. The maximum Gasteiger partial charge on any atom is 0.315 e. The molecule has 0 aromatic heterocycles. The van der Waals surface area contributed by atoms with Crippen molar-refractivity contribution in [2.24, 2.45) is 11.8 Å². The Morgan fingerprint density at radius 2 is 1.83 bits per heavy atom. The average molecular weight is 256 g/mol. The Labute approximate surface area is 111 Å². The predicted molar refractivity (Wildman–Crippen MR) is 73.4 cm³/mol. The van der Waals surface area contributed by atoms with Gasteiger partial charge in [-0.05, 0) is 50.9 Å². The molecular formula is C14H28N2O2. The van der Waals surface area contributed by atoms with Crippen LogP contribution in [0.3, 0.4) is 0 Å². The van der Waals surface area contributed by atoms with Gasteiger partial charge in [-0.2, -0.15) is 0 Å². The van der Waals surface area contributed by atoms with Crippen LogP contribution in [0.2, 0.25) is 0 Å². The summed E-state index contributed by atoms with van der Waals surface area (Å²) in [5.74, 6) is 1.58. The quantitative estimate of drug-likeness (QED) is 0.706. The second kappa shape index (κ2) is 7.62. The lowest BCUT2D eigenvalue weighted by molar-refractivity contribution is 0.182. The van der Waals surface area contributed by atoms with Gasteiger partial charge in [0.15, 0.2) is 0 Å². The van der Waals surface area contributed by atoms with Crippen LogP contribution in [0, 0.1) is 11.8 Å². The molecule has 1 fully saturated rings. The van der Waals surface area contributed by atoms with Crippen molar-refractivity contribution in [2.75, 3.05) is 6.54 Å². The molecular weight excluding hydrogens is 228 g/mol. The van der Waals surface area contributed by atoms with Gasteiger partial charge in [-0.1, -0.05) is 13.8 Å². The molecule has 1 rings (SSSR count). The van der Waals surface area contributed by atoms with E-state index in [4.69, 9.17) is 5.11 Å². The zero-order valence-electron chi connectivity index (χ0n) is 11.9. The third kappa shape index (κ3) is 5.71. The molecule has 18 heavy (non-hydrogen) atoms. The van der Waals surface area contributed by atoms with E-state index in [0.29, 0.717) is 19.0 Å². The van der Waals surface area contributed by atoms with E-state index in [1.54, 1.807) is 6.92 Å². The molecule has 1 atom stereocenters. The zero-order chi connectivity index (χ0) is 13.5. The number of hydrogen-bond donors (Lipinski definition) is 3. The van der Waals surface area contributed by atoms with Crippen molar-refractivity contribution in [3.8, 4) is 0 Å². The fourth-order valence-corrected chi connectivity index (χ4v) is 2.56. The van der Waals surface area contributed by atoms with Crippen molar-refractivity contribution < 1.29 is 9.90 Å². The lowest BCUT2D eigenvalue weighted by Crippen LogP contribution is -2.44. The molecule has 0 spiro atoms. The van der Waals surface area contributed by atoms with E-state index in [1.807, 2.05) is 0 Å². The largest absolute Gasteiger partial charge is 0.393 e. The van der Waals surface area contributed by atoms with E-state index in [9.17, 15) is 4.79 Å². The van der Waals surface area contributed by atoms with Crippen LogP contribution in [0.4, 0.5) is 4.79 Å². The summed E-state index contributed by atoms with van der Waals surface area (Å²) in [6, 6.07) is 0.232. The monoisotopic (exact) mass is 256 g/mol. The molecule has 1 saturated carbocycles. The lowest BCUT2D eigenvalue weighted by Gasteiger charge is -2.31.